The Hall–Kier alpha value is -2.80. The van der Waals surface area contributed by atoms with E-state index in [0.717, 1.165) is 24.1 Å². The van der Waals surface area contributed by atoms with Crippen LogP contribution in [0.3, 0.4) is 0 Å². The first-order valence-corrected chi connectivity index (χ1v) is 9.39. The van der Waals surface area contributed by atoms with E-state index in [1.54, 1.807) is 13.3 Å². The van der Waals surface area contributed by atoms with Crippen molar-refractivity contribution in [3.05, 3.63) is 47.8 Å². The number of carboxylic acid groups (broad SMARTS) is 1. The number of fused-ring (bicyclic) bond motifs is 1. The number of benzene rings is 1. The van der Waals surface area contributed by atoms with Crippen LogP contribution in [0.5, 0.6) is 17.2 Å². The van der Waals surface area contributed by atoms with Gasteiger partial charge in [-0.3, -0.25) is 9.78 Å². The number of likely N-dealkylation sites (N-methyl/N-ethyl adjacent to an activating group) is 1. The third-order valence-electron chi connectivity index (χ3n) is 5.72. The van der Waals surface area contributed by atoms with Gasteiger partial charge in [0, 0.05) is 30.4 Å². The molecule has 0 amide bonds. The minimum Gasteiger partial charge on any atom is -0.493 e. The molecule has 3 unspecified atom stereocenters. The lowest BCUT2D eigenvalue weighted by molar-refractivity contribution is -0.143. The summed E-state index contributed by atoms with van der Waals surface area (Å²) < 4.78 is 16.4. The van der Waals surface area contributed by atoms with E-state index in [-0.39, 0.29) is 18.8 Å². The summed E-state index contributed by atoms with van der Waals surface area (Å²) in [6.45, 7) is 0.807. The first-order chi connectivity index (χ1) is 13.6. The van der Waals surface area contributed by atoms with E-state index < -0.39 is 11.9 Å². The molecule has 4 rings (SSSR count). The van der Waals surface area contributed by atoms with E-state index >= 15 is 0 Å². The van der Waals surface area contributed by atoms with E-state index in [4.69, 9.17) is 14.2 Å². The number of methoxy groups -OCH3 is 1. The fourth-order valence-electron chi connectivity index (χ4n) is 4.36. The first kappa shape index (κ1) is 18.6. The van der Waals surface area contributed by atoms with E-state index in [1.807, 2.05) is 37.4 Å². The van der Waals surface area contributed by atoms with Gasteiger partial charge in [0.1, 0.15) is 0 Å². The van der Waals surface area contributed by atoms with Crippen molar-refractivity contribution >= 4 is 5.97 Å². The Bertz CT molecular complexity index is 857. The van der Waals surface area contributed by atoms with Gasteiger partial charge in [-0.2, -0.15) is 0 Å². The lowest BCUT2D eigenvalue weighted by Crippen LogP contribution is -2.34. The number of hydrogen-bond donors (Lipinski definition) is 1. The van der Waals surface area contributed by atoms with Gasteiger partial charge in [0.05, 0.1) is 13.0 Å². The fraction of sp³-hybridized carbons (Fsp3) is 0.429. The minimum absolute atomic E-state index is 0.0686. The summed E-state index contributed by atoms with van der Waals surface area (Å²) in [5.74, 6) is 0.318. The zero-order valence-electron chi connectivity index (χ0n) is 16.0. The number of aliphatic carboxylic acids is 1. The molecule has 1 aromatic heterocycles. The molecule has 3 heterocycles. The molecule has 2 aliphatic rings. The molecule has 0 saturated carbocycles. The van der Waals surface area contributed by atoms with Gasteiger partial charge in [-0.1, -0.05) is 6.07 Å². The van der Waals surface area contributed by atoms with Gasteiger partial charge in [0.15, 0.2) is 11.5 Å². The van der Waals surface area contributed by atoms with Crippen LogP contribution in [0.15, 0.2) is 36.5 Å². The molecule has 0 radical (unpaired) electrons. The van der Waals surface area contributed by atoms with Crippen LogP contribution in [-0.4, -0.2) is 54.5 Å². The second-order valence-electron chi connectivity index (χ2n) is 7.29. The maximum absolute atomic E-state index is 12.2. The van der Waals surface area contributed by atoms with Gasteiger partial charge >= 0.3 is 5.97 Å². The second-order valence-corrected chi connectivity index (χ2v) is 7.29. The van der Waals surface area contributed by atoms with Gasteiger partial charge in [-0.15, -0.1) is 0 Å². The average molecular weight is 384 g/mol. The van der Waals surface area contributed by atoms with Crippen LogP contribution >= 0.6 is 0 Å². The topological polar surface area (TPSA) is 81.1 Å². The average Bonchev–Trinajstić information content (AvgIpc) is 3.30. The lowest BCUT2D eigenvalue weighted by atomic mass is 9.83. The largest absolute Gasteiger partial charge is 0.493 e. The van der Waals surface area contributed by atoms with Crippen molar-refractivity contribution in [1.29, 1.82) is 0 Å². The molecule has 28 heavy (non-hydrogen) atoms. The van der Waals surface area contributed by atoms with Crippen LogP contribution in [0.1, 0.15) is 23.6 Å². The van der Waals surface area contributed by atoms with Crippen LogP contribution in [0.4, 0.5) is 0 Å². The van der Waals surface area contributed by atoms with Crippen LogP contribution in [0.2, 0.25) is 0 Å². The van der Waals surface area contributed by atoms with Gasteiger partial charge in [-0.25, -0.2) is 0 Å². The van der Waals surface area contributed by atoms with E-state index in [1.165, 1.54) is 0 Å². The normalized spacial score (nSPS) is 23.7. The maximum atomic E-state index is 12.2. The molecule has 7 heteroatoms. The summed E-state index contributed by atoms with van der Waals surface area (Å²) in [5.41, 5.74) is 1.88. The van der Waals surface area contributed by atoms with Crippen molar-refractivity contribution < 1.29 is 24.1 Å². The number of aromatic nitrogens is 1. The molecule has 3 atom stereocenters. The van der Waals surface area contributed by atoms with Gasteiger partial charge in [-0.05, 0) is 49.7 Å². The van der Waals surface area contributed by atoms with Crippen molar-refractivity contribution in [1.82, 2.24) is 9.88 Å². The molecule has 1 saturated heterocycles. The Morgan fingerprint density at radius 3 is 2.93 bits per heavy atom. The summed E-state index contributed by atoms with van der Waals surface area (Å²) in [5, 5.41) is 10.0. The second kappa shape index (κ2) is 7.67. The Morgan fingerprint density at radius 2 is 2.21 bits per heavy atom. The van der Waals surface area contributed by atoms with Crippen molar-refractivity contribution in [2.45, 2.75) is 24.8 Å². The van der Waals surface area contributed by atoms with E-state index in [9.17, 15) is 9.90 Å². The standard InChI is InChI=1S/C21H24N2O5/c1-23-11-15(13-9-17(26-2)20-18(10-13)27-12-28-20)19(21(24)25)16(23)7-6-14-5-3-4-8-22-14/h3-5,8-10,15-16,19H,6-7,11-12H2,1-2H3,(H,24,25). The van der Waals surface area contributed by atoms with E-state index in [2.05, 4.69) is 9.88 Å². The highest BCUT2D eigenvalue weighted by molar-refractivity contribution is 5.73. The Balaban J connectivity index is 1.60. The Kier molecular flexibility index (Phi) is 5.09. The number of nitrogens with zero attached hydrogens (tertiary/aromatic N) is 2. The molecule has 0 bridgehead atoms. The molecule has 2 aliphatic heterocycles. The molecule has 2 aromatic rings. The predicted molar refractivity (Wildman–Crippen MR) is 102 cm³/mol. The number of ether oxygens (including phenoxy) is 3. The highest BCUT2D eigenvalue weighted by Crippen LogP contribution is 2.46. The zero-order valence-corrected chi connectivity index (χ0v) is 16.0. The highest BCUT2D eigenvalue weighted by Gasteiger charge is 2.45. The number of pyridine rings is 1. The number of rotatable bonds is 6. The first-order valence-electron chi connectivity index (χ1n) is 9.39. The quantitative estimate of drug-likeness (QED) is 0.820. The van der Waals surface area contributed by atoms with Crippen molar-refractivity contribution in [3.8, 4) is 17.2 Å². The van der Waals surface area contributed by atoms with Crippen molar-refractivity contribution in [2.24, 2.45) is 5.92 Å². The predicted octanol–water partition coefficient (Wildman–Crippen LogP) is 2.55. The number of carbonyl (C=O) groups is 1. The summed E-state index contributed by atoms with van der Waals surface area (Å²) in [6, 6.07) is 9.51. The molecule has 7 nitrogen and oxygen atoms in total. The summed E-state index contributed by atoms with van der Waals surface area (Å²) >= 11 is 0. The van der Waals surface area contributed by atoms with Crippen LogP contribution in [-0.2, 0) is 11.2 Å². The monoisotopic (exact) mass is 384 g/mol. The molecular formula is C21H24N2O5. The van der Waals surface area contributed by atoms with Crippen molar-refractivity contribution in [3.63, 3.8) is 0 Å². The molecule has 0 spiro atoms. The van der Waals surface area contributed by atoms with Gasteiger partial charge in [0.2, 0.25) is 12.5 Å². The maximum Gasteiger partial charge on any atom is 0.308 e. The minimum atomic E-state index is -0.781. The zero-order chi connectivity index (χ0) is 19.7. The third kappa shape index (κ3) is 3.38. The lowest BCUT2D eigenvalue weighted by Gasteiger charge is -2.23. The number of aryl methyl sites for hydroxylation is 1. The molecular weight excluding hydrogens is 360 g/mol. The summed E-state index contributed by atoms with van der Waals surface area (Å²) in [6.07, 6.45) is 3.25. The fourth-order valence-corrected chi connectivity index (χ4v) is 4.36. The molecule has 0 aliphatic carbocycles. The molecule has 1 fully saturated rings. The molecule has 148 valence electrons. The third-order valence-corrected chi connectivity index (χ3v) is 5.72. The van der Waals surface area contributed by atoms with Crippen LogP contribution < -0.4 is 14.2 Å². The molecule has 1 aromatic carbocycles. The summed E-state index contributed by atoms with van der Waals surface area (Å²) in [7, 11) is 3.56. The van der Waals surface area contributed by atoms with Crippen LogP contribution in [0, 0.1) is 5.92 Å². The smallest absolute Gasteiger partial charge is 0.308 e. The number of hydrogen-bond acceptors (Lipinski definition) is 6. The number of carboxylic acids is 1. The Morgan fingerprint density at radius 1 is 1.36 bits per heavy atom. The van der Waals surface area contributed by atoms with Crippen molar-refractivity contribution in [2.75, 3.05) is 27.5 Å². The summed E-state index contributed by atoms with van der Waals surface area (Å²) in [4.78, 5) is 18.7. The van der Waals surface area contributed by atoms with Gasteiger partial charge < -0.3 is 24.2 Å². The SMILES string of the molecule is COc1cc(C2CN(C)C(CCc3ccccn3)C2C(=O)O)cc2c1OCO2. The Labute approximate surface area is 163 Å². The van der Waals surface area contributed by atoms with Crippen LogP contribution in [0.25, 0.3) is 0 Å². The number of likely N-dealkylation sites (tertiary alicyclic amines) is 1. The van der Waals surface area contributed by atoms with Gasteiger partial charge in [0.25, 0.3) is 0 Å². The van der Waals surface area contributed by atoms with E-state index in [0.29, 0.717) is 23.8 Å². The highest BCUT2D eigenvalue weighted by atomic mass is 16.7. The molecule has 1 N–H and O–H groups in total.